The van der Waals surface area contributed by atoms with Crippen molar-refractivity contribution >= 4 is 29.9 Å². The summed E-state index contributed by atoms with van der Waals surface area (Å²) in [4.78, 5) is 12.9. The molecule has 0 bridgehead atoms. The van der Waals surface area contributed by atoms with Crippen LogP contribution in [0.2, 0.25) is 0 Å². The van der Waals surface area contributed by atoms with Crippen LogP contribution in [0.5, 0.6) is 5.75 Å². The Bertz CT molecular complexity index is 956. The van der Waals surface area contributed by atoms with Crippen molar-refractivity contribution in [1.82, 2.24) is 15.0 Å². The number of hydrogen-bond acceptors (Lipinski definition) is 7. The van der Waals surface area contributed by atoms with E-state index in [9.17, 15) is 4.39 Å². The van der Waals surface area contributed by atoms with Crippen molar-refractivity contribution in [1.29, 1.82) is 0 Å². The summed E-state index contributed by atoms with van der Waals surface area (Å²) in [6, 6.07) is 10.1. The second kappa shape index (κ2) is 10.9. The Labute approximate surface area is 186 Å². The fraction of sp³-hybridized carbons (Fsp3) is 0.318. The van der Waals surface area contributed by atoms with Gasteiger partial charge in [0.25, 0.3) is 0 Å². The fourth-order valence-electron chi connectivity index (χ4n) is 3.25. The molecule has 1 unspecified atom stereocenters. The van der Waals surface area contributed by atoms with E-state index in [1.807, 2.05) is 19.1 Å². The predicted octanol–water partition coefficient (Wildman–Crippen LogP) is 4.91. The lowest BCUT2D eigenvalue weighted by atomic mass is 10.1. The monoisotopic (exact) mass is 445 g/mol. The molecule has 9 heteroatoms. The van der Waals surface area contributed by atoms with Gasteiger partial charge in [0.1, 0.15) is 35.1 Å². The standard InChI is InChI=1S/C22H24FN5O2.ClH/c1-15(16-2-4-17(23)5-3-16)26-20-12-19(30-18-6-10-29-11-7-18)13-21(27-20)28-22-14-24-8-9-25-22;/h2-5,8-9,12-15,18H,6-7,10-11H2,1H3,(H2,25,26,27,28);1H. The van der Waals surface area contributed by atoms with Gasteiger partial charge in [-0.2, -0.15) is 0 Å². The summed E-state index contributed by atoms with van der Waals surface area (Å²) >= 11 is 0. The first-order valence-electron chi connectivity index (χ1n) is 9.97. The Balaban J connectivity index is 0.00000272. The second-order valence-corrected chi connectivity index (χ2v) is 7.14. The fourth-order valence-corrected chi connectivity index (χ4v) is 3.25. The molecule has 2 N–H and O–H groups in total. The van der Waals surface area contributed by atoms with Gasteiger partial charge in [0, 0.05) is 43.4 Å². The minimum absolute atomic E-state index is 0. The molecule has 1 aliphatic rings. The van der Waals surface area contributed by atoms with Gasteiger partial charge in [0.2, 0.25) is 0 Å². The van der Waals surface area contributed by atoms with Crippen molar-refractivity contribution in [3.05, 3.63) is 66.4 Å². The largest absolute Gasteiger partial charge is 0.490 e. The molecule has 1 aromatic carbocycles. The second-order valence-electron chi connectivity index (χ2n) is 7.14. The van der Waals surface area contributed by atoms with E-state index in [0.717, 1.165) is 18.4 Å². The normalized spacial score (nSPS) is 14.9. The molecule has 1 aliphatic heterocycles. The highest BCUT2D eigenvalue weighted by atomic mass is 35.5. The lowest BCUT2D eigenvalue weighted by Crippen LogP contribution is -2.26. The molecule has 7 nitrogen and oxygen atoms in total. The van der Waals surface area contributed by atoms with Gasteiger partial charge in [0.05, 0.1) is 19.4 Å². The van der Waals surface area contributed by atoms with Crippen molar-refractivity contribution in [3.63, 3.8) is 0 Å². The van der Waals surface area contributed by atoms with Crippen molar-refractivity contribution in [2.24, 2.45) is 0 Å². The van der Waals surface area contributed by atoms with Crippen LogP contribution in [0.1, 0.15) is 31.4 Å². The summed E-state index contributed by atoms with van der Waals surface area (Å²) in [6.45, 7) is 3.40. The third-order valence-corrected chi connectivity index (χ3v) is 4.82. The number of ether oxygens (including phenoxy) is 2. The number of halogens is 2. The van der Waals surface area contributed by atoms with Gasteiger partial charge >= 0.3 is 0 Å². The van der Waals surface area contributed by atoms with Crippen LogP contribution >= 0.6 is 12.4 Å². The molecule has 3 heterocycles. The van der Waals surface area contributed by atoms with Crippen molar-refractivity contribution < 1.29 is 13.9 Å². The zero-order valence-corrected chi connectivity index (χ0v) is 17.9. The number of hydrogen-bond donors (Lipinski definition) is 2. The van der Waals surface area contributed by atoms with Crippen molar-refractivity contribution in [3.8, 4) is 5.75 Å². The maximum atomic E-state index is 13.2. The molecule has 164 valence electrons. The quantitative estimate of drug-likeness (QED) is 0.534. The molecular weight excluding hydrogens is 421 g/mol. The molecule has 1 saturated heterocycles. The first-order valence-corrected chi connectivity index (χ1v) is 9.97. The number of nitrogens with zero attached hydrogens (tertiary/aromatic N) is 3. The number of anilines is 3. The maximum absolute atomic E-state index is 13.2. The SMILES string of the molecule is CC(Nc1cc(OC2CCOCC2)cc(Nc2cnccn2)n1)c1ccc(F)cc1.Cl. The van der Waals surface area contributed by atoms with Gasteiger partial charge in [-0.3, -0.25) is 4.98 Å². The van der Waals surface area contributed by atoms with Gasteiger partial charge in [-0.05, 0) is 24.6 Å². The average Bonchev–Trinajstić information content (AvgIpc) is 2.75. The van der Waals surface area contributed by atoms with Crippen LogP contribution in [0.4, 0.5) is 21.8 Å². The van der Waals surface area contributed by atoms with E-state index in [4.69, 9.17) is 9.47 Å². The molecule has 1 atom stereocenters. The van der Waals surface area contributed by atoms with Gasteiger partial charge in [-0.25, -0.2) is 14.4 Å². The van der Waals surface area contributed by atoms with Crippen LogP contribution in [0.3, 0.4) is 0 Å². The predicted molar refractivity (Wildman–Crippen MR) is 120 cm³/mol. The summed E-state index contributed by atoms with van der Waals surface area (Å²) < 4.78 is 24.8. The number of nitrogens with one attached hydrogen (secondary N) is 2. The molecule has 0 aliphatic carbocycles. The highest BCUT2D eigenvalue weighted by molar-refractivity contribution is 5.85. The van der Waals surface area contributed by atoms with Gasteiger partial charge in [-0.15, -0.1) is 12.4 Å². The number of aromatic nitrogens is 3. The third kappa shape index (κ3) is 6.50. The van der Waals surface area contributed by atoms with E-state index >= 15 is 0 Å². The van der Waals surface area contributed by atoms with Crippen molar-refractivity contribution in [2.75, 3.05) is 23.8 Å². The molecule has 2 aromatic heterocycles. The van der Waals surface area contributed by atoms with Crippen LogP contribution in [-0.2, 0) is 4.74 Å². The third-order valence-electron chi connectivity index (χ3n) is 4.82. The zero-order valence-electron chi connectivity index (χ0n) is 17.1. The minimum atomic E-state index is -0.258. The molecule has 0 amide bonds. The molecule has 4 rings (SSSR count). The topological polar surface area (TPSA) is 81.2 Å². The lowest BCUT2D eigenvalue weighted by molar-refractivity contribution is 0.0256. The van der Waals surface area contributed by atoms with Crippen LogP contribution in [0, 0.1) is 5.82 Å². The molecule has 1 fully saturated rings. The van der Waals surface area contributed by atoms with E-state index in [1.165, 1.54) is 12.1 Å². The summed E-state index contributed by atoms with van der Waals surface area (Å²) in [6.07, 6.45) is 6.66. The van der Waals surface area contributed by atoms with Crippen LogP contribution in [0.15, 0.2) is 55.0 Å². The molecule has 31 heavy (non-hydrogen) atoms. The lowest BCUT2D eigenvalue weighted by Gasteiger charge is -2.24. The van der Waals surface area contributed by atoms with Gasteiger partial charge in [0.15, 0.2) is 0 Å². The number of rotatable bonds is 7. The van der Waals surface area contributed by atoms with Crippen molar-refractivity contribution in [2.45, 2.75) is 31.9 Å². The summed E-state index contributed by atoms with van der Waals surface area (Å²) in [5.74, 6) is 2.27. The molecule has 0 spiro atoms. The van der Waals surface area contributed by atoms with Gasteiger partial charge < -0.3 is 20.1 Å². The summed E-state index contributed by atoms with van der Waals surface area (Å²) in [7, 11) is 0. The summed E-state index contributed by atoms with van der Waals surface area (Å²) in [5, 5.41) is 6.53. The Morgan fingerprint density at radius 2 is 1.81 bits per heavy atom. The maximum Gasteiger partial charge on any atom is 0.150 e. The first-order chi connectivity index (χ1) is 14.7. The Morgan fingerprint density at radius 1 is 1.06 bits per heavy atom. The van der Waals surface area contributed by atoms with Gasteiger partial charge in [-0.1, -0.05) is 12.1 Å². The highest BCUT2D eigenvalue weighted by Gasteiger charge is 2.17. The number of pyridine rings is 1. The summed E-state index contributed by atoms with van der Waals surface area (Å²) in [5.41, 5.74) is 0.956. The van der Waals surface area contributed by atoms with E-state index in [1.54, 1.807) is 30.7 Å². The van der Waals surface area contributed by atoms with E-state index in [2.05, 4.69) is 25.6 Å². The minimum Gasteiger partial charge on any atom is -0.490 e. The smallest absolute Gasteiger partial charge is 0.150 e. The Kier molecular flexibility index (Phi) is 7.97. The van der Waals surface area contributed by atoms with Crippen LogP contribution in [0.25, 0.3) is 0 Å². The highest BCUT2D eigenvalue weighted by Crippen LogP contribution is 2.28. The average molecular weight is 446 g/mol. The molecular formula is C22H25ClFN5O2. The molecule has 3 aromatic rings. The van der Waals surface area contributed by atoms with Crippen LogP contribution in [-0.4, -0.2) is 34.3 Å². The molecule has 0 saturated carbocycles. The van der Waals surface area contributed by atoms with E-state index in [0.29, 0.717) is 36.4 Å². The Hall–Kier alpha value is -2.97. The van der Waals surface area contributed by atoms with E-state index in [-0.39, 0.29) is 30.4 Å². The molecule has 0 radical (unpaired) electrons. The van der Waals surface area contributed by atoms with E-state index < -0.39 is 0 Å². The first kappa shape index (κ1) is 22.7. The number of benzene rings is 1. The zero-order chi connectivity index (χ0) is 20.8. The van der Waals surface area contributed by atoms with Crippen LogP contribution < -0.4 is 15.4 Å². The Morgan fingerprint density at radius 3 is 2.52 bits per heavy atom.